The molecular weight excluding hydrogens is 221 g/mol. The highest BCUT2D eigenvalue weighted by Crippen LogP contribution is 2.19. The summed E-state index contributed by atoms with van der Waals surface area (Å²) in [6.45, 7) is 1.94. The zero-order valence-electron chi connectivity index (χ0n) is 7.97. The first kappa shape index (κ1) is 11.8. The van der Waals surface area contributed by atoms with Crippen LogP contribution in [0.1, 0.15) is 12.5 Å². The van der Waals surface area contributed by atoms with Gasteiger partial charge >= 0.3 is 0 Å². The summed E-state index contributed by atoms with van der Waals surface area (Å²) in [5, 5.41) is 0.434. The van der Waals surface area contributed by atoms with Crippen LogP contribution in [0.15, 0.2) is 18.2 Å². The fourth-order valence-corrected chi connectivity index (χ4v) is 2.10. The van der Waals surface area contributed by atoms with Crippen LogP contribution in [0.4, 0.5) is 4.39 Å². The summed E-state index contributed by atoms with van der Waals surface area (Å²) in [6, 6.07) is 4.90. The predicted octanol–water partition coefficient (Wildman–Crippen LogP) is 3.06. The van der Waals surface area contributed by atoms with Crippen LogP contribution < -0.4 is 5.73 Å². The number of rotatable bonds is 4. The van der Waals surface area contributed by atoms with Crippen molar-refractivity contribution in [3.05, 3.63) is 34.6 Å². The smallest absolute Gasteiger partial charge is 0.128 e. The van der Waals surface area contributed by atoms with Crippen molar-refractivity contribution in [1.29, 1.82) is 0 Å². The van der Waals surface area contributed by atoms with Crippen molar-refractivity contribution in [3.63, 3.8) is 0 Å². The molecule has 0 aromatic heterocycles. The molecule has 0 aliphatic heterocycles. The van der Waals surface area contributed by atoms with E-state index >= 15 is 0 Å². The first-order valence-corrected chi connectivity index (χ1v) is 5.90. The molecule has 0 aliphatic rings. The second-order valence-corrected chi connectivity index (χ2v) is 4.69. The van der Waals surface area contributed by atoms with Crippen molar-refractivity contribution in [3.8, 4) is 0 Å². The van der Waals surface area contributed by atoms with Gasteiger partial charge in [0.25, 0.3) is 0 Å². The quantitative estimate of drug-likeness (QED) is 0.865. The Balaban J connectivity index is 2.51. The number of thioether (sulfide) groups is 1. The molecule has 1 rings (SSSR count). The maximum absolute atomic E-state index is 13.2. The minimum Gasteiger partial charge on any atom is -0.327 e. The minimum absolute atomic E-state index is 0.148. The lowest BCUT2D eigenvalue weighted by Gasteiger charge is -2.05. The number of hydrogen-bond donors (Lipinski definition) is 1. The van der Waals surface area contributed by atoms with Gasteiger partial charge in [0.2, 0.25) is 0 Å². The van der Waals surface area contributed by atoms with E-state index in [2.05, 4.69) is 0 Å². The molecule has 4 heteroatoms. The third kappa shape index (κ3) is 3.86. The van der Waals surface area contributed by atoms with Crippen LogP contribution in [0.5, 0.6) is 0 Å². The van der Waals surface area contributed by atoms with Crippen molar-refractivity contribution in [2.75, 3.05) is 5.75 Å². The Morgan fingerprint density at radius 3 is 2.86 bits per heavy atom. The van der Waals surface area contributed by atoms with Gasteiger partial charge in [0.15, 0.2) is 0 Å². The van der Waals surface area contributed by atoms with E-state index in [1.54, 1.807) is 23.9 Å². The van der Waals surface area contributed by atoms with Crippen molar-refractivity contribution in [1.82, 2.24) is 0 Å². The molecule has 0 radical (unpaired) electrons. The average Bonchev–Trinajstić information content (AvgIpc) is 2.08. The highest BCUT2D eigenvalue weighted by atomic mass is 35.5. The van der Waals surface area contributed by atoms with Gasteiger partial charge in [-0.1, -0.05) is 17.7 Å². The molecule has 1 aromatic rings. The van der Waals surface area contributed by atoms with E-state index in [-0.39, 0.29) is 11.9 Å². The van der Waals surface area contributed by atoms with E-state index in [1.165, 1.54) is 6.07 Å². The molecule has 2 N–H and O–H groups in total. The van der Waals surface area contributed by atoms with E-state index in [9.17, 15) is 4.39 Å². The summed E-state index contributed by atoms with van der Waals surface area (Å²) in [5.74, 6) is 1.24. The van der Waals surface area contributed by atoms with Crippen LogP contribution in [-0.4, -0.2) is 11.8 Å². The van der Waals surface area contributed by atoms with E-state index in [1.807, 2.05) is 6.92 Å². The summed E-state index contributed by atoms with van der Waals surface area (Å²) in [7, 11) is 0. The van der Waals surface area contributed by atoms with Crippen LogP contribution >= 0.6 is 23.4 Å². The first-order chi connectivity index (χ1) is 6.59. The van der Waals surface area contributed by atoms with E-state index in [0.717, 1.165) is 5.75 Å². The van der Waals surface area contributed by atoms with Gasteiger partial charge in [-0.3, -0.25) is 0 Å². The van der Waals surface area contributed by atoms with E-state index in [0.29, 0.717) is 16.3 Å². The highest BCUT2D eigenvalue weighted by Gasteiger charge is 2.03. The molecule has 0 saturated heterocycles. The van der Waals surface area contributed by atoms with Crippen molar-refractivity contribution in [2.24, 2.45) is 5.73 Å². The normalized spacial score (nSPS) is 12.9. The largest absolute Gasteiger partial charge is 0.327 e. The highest BCUT2D eigenvalue weighted by molar-refractivity contribution is 7.98. The predicted molar refractivity (Wildman–Crippen MR) is 61.2 cm³/mol. The molecule has 1 nitrogen and oxygen atoms in total. The Morgan fingerprint density at radius 2 is 2.29 bits per heavy atom. The van der Waals surface area contributed by atoms with Gasteiger partial charge in [0.05, 0.1) is 0 Å². The van der Waals surface area contributed by atoms with Gasteiger partial charge in [-0.05, 0) is 24.6 Å². The Bertz CT molecular complexity index is 304. The van der Waals surface area contributed by atoms with Gasteiger partial charge in [-0.25, -0.2) is 4.39 Å². The van der Waals surface area contributed by atoms with E-state index < -0.39 is 0 Å². The lowest BCUT2D eigenvalue weighted by molar-refractivity contribution is 0.617. The minimum atomic E-state index is -0.241. The Labute approximate surface area is 92.8 Å². The molecule has 0 fully saturated rings. The maximum Gasteiger partial charge on any atom is 0.128 e. The molecular formula is C10H13ClFNS. The number of nitrogens with two attached hydrogens (primary N) is 1. The van der Waals surface area contributed by atoms with Gasteiger partial charge < -0.3 is 5.73 Å². The molecule has 14 heavy (non-hydrogen) atoms. The summed E-state index contributed by atoms with van der Waals surface area (Å²) < 4.78 is 13.2. The van der Waals surface area contributed by atoms with Gasteiger partial charge in [0, 0.05) is 22.6 Å². The summed E-state index contributed by atoms with van der Waals surface area (Å²) in [4.78, 5) is 0. The zero-order chi connectivity index (χ0) is 10.6. The molecule has 1 aromatic carbocycles. The van der Waals surface area contributed by atoms with Crippen molar-refractivity contribution >= 4 is 23.4 Å². The van der Waals surface area contributed by atoms with Gasteiger partial charge in [-0.2, -0.15) is 11.8 Å². The van der Waals surface area contributed by atoms with Crippen LogP contribution in [0, 0.1) is 5.82 Å². The second-order valence-electron chi connectivity index (χ2n) is 3.23. The molecule has 0 spiro atoms. The summed E-state index contributed by atoms with van der Waals surface area (Å²) in [6.07, 6.45) is 0. The molecule has 0 aliphatic carbocycles. The Kier molecular flexibility index (Phi) is 4.72. The second kappa shape index (κ2) is 5.59. The number of hydrogen-bond acceptors (Lipinski definition) is 2. The number of halogens is 2. The maximum atomic E-state index is 13.2. The summed E-state index contributed by atoms with van der Waals surface area (Å²) in [5.41, 5.74) is 6.26. The Morgan fingerprint density at radius 1 is 1.57 bits per heavy atom. The van der Waals surface area contributed by atoms with Gasteiger partial charge in [0.1, 0.15) is 5.82 Å². The monoisotopic (exact) mass is 233 g/mol. The first-order valence-electron chi connectivity index (χ1n) is 4.37. The SMILES string of the molecule is CC(N)CSCc1ccc(Cl)cc1F. The van der Waals surface area contributed by atoms with Crippen LogP contribution in [0.25, 0.3) is 0 Å². The third-order valence-electron chi connectivity index (χ3n) is 1.65. The molecule has 78 valence electrons. The zero-order valence-corrected chi connectivity index (χ0v) is 9.54. The van der Waals surface area contributed by atoms with Crippen molar-refractivity contribution in [2.45, 2.75) is 18.7 Å². The van der Waals surface area contributed by atoms with Crippen LogP contribution in [-0.2, 0) is 5.75 Å². The molecule has 1 atom stereocenters. The molecule has 0 heterocycles. The fourth-order valence-electron chi connectivity index (χ4n) is 0.994. The van der Waals surface area contributed by atoms with Crippen molar-refractivity contribution < 1.29 is 4.39 Å². The molecule has 0 saturated carbocycles. The topological polar surface area (TPSA) is 26.0 Å². The van der Waals surface area contributed by atoms with E-state index in [4.69, 9.17) is 17.3 Å². The lowest BCUT2D eigenvalue weighted by atomic mass is 10.2. The fraction of sp³-hybridized carbons (Fsp3) is 0.400. The molecule has 0 bridgehead atoms. The van der Waals surface area contributed by atoms with Gasteiger partial charge in [-0.15, -0.1) is 0 Å². The summed E-state index contributed by atoms with van der Waals surface area (Å²) >= 11 is 7.26. The Hall–Kier alpha value is -0.250. The third-order valence-corrected chi connectivity index (χ3v) is 3.17. The lowest BCUT2D eigenvalue weighted by Crippen LogP contribution is -2.17. The standard InChI is InChI=1S/C10H13ClFNS/c1-7(13)5-14-6-8-2-3-9(11)4-10(8)12/h2-4,7H,5-6,13H2,1H3. The van der Waals surface area contributed by atoms with Crippen LogP contribution in [0.2, 0.25) is 5.02 Å². The average molecular weight is 234 g/mol. The molecule has 0 amide bonds. The molecule has 1 unspecified atom stereocenters. The number of benzene rings is 1. The van der Waals surface area contributed by atoms with Crippen LogP contribution in [0.3, 0.4) is 0 Å².